The van der Waals surface area contributed by atoms with Gasteiger partial charge in [0.25, 0.3) is 0 Å². The van der Waals surface area contributed by atoms with Crippen LogP contribution in [0.2, 0.25) is 0 Å². The number of rotatable bonds is 5. The molecular formula is C14H15N3O2S. The van der Waals surface area contributed by atoms with Gasteiger partial charge in [0.2, 0.25) is 0 Å². The van der Waals surface area contributed by atoms with Crippen LogP contribution in [-0.2, 0) is 17.8 Å². The molecule has 3 rings (SSSR count). The lowest BCUT2D eigenvalue weighted by molar-refractivity contribution is -0.133. The second kappa shape index (κ2) is 5.28. The van der Waals surface area contributed by atoms with E-state index in [9.17, 15) is 4.79 Å². The number of hydrogen-bond acceptors (Lipinski definition) is 4. The number of carboxylic acid groups (broad SMARTS) is 1. The molecule has 6 heteroatoms. The second-order valence-corrected chi connectivity index (χ2v) is 5.87. The Morgan fingerprint density at radius 2 is 2.25 bits per heavy atom. The van der Waals surface area contributed by atoms with Gasteiger partial charge in [-0.25, -0.2) is 0 Å². The van der Waals surface area contributed by atoms with Crippen LogP contribution in [0.1, 0.15) is 22.9 Å². The number of aryl methyl sites for hydroxylation is 1. The van der Waals surface area contributed by atoms with Crippen molar-refractivity contribution in [2.24, 2.45) is 0 Å². The first-order valence-electron chi connectivity index (χ1n) is 6.47. The standard InChI is InChI=1S/C14H15N3O2S/c1-9-15-16-14(20-8-13(18)19)17(9)7-11-6-10-4-2-3-5-12(10)11/h2-5,11H,6-8H2,1H3,(H,18,19). The van der Waals surface area contributed by atoms with Gasteiger partial charge in [-0.1, -0.05) is 36.0 Å². The molecule has 104 valence electrons. The summed E-state index contributed by atoms with van der Waals surface area (Å²) < 4.78 is 2.02. The molecule has 1 atom stereocenters. The molecule has 5 nitrogen and oxygen atoms in total. The molecule has 0 bridgehead atoms. The third-order valence-electron chi connectivity index (χ3n) is 3.59. The van der Waals surface area contributed by atoms with Gasteiger partial charge in [0, 0.05) is 12.5 Å². The monoisotopic (exact) mass is 289 g/mol. The summed E-state index contributed by atoms with van der Waals surface area (Å²) in [6, 6.07) is 8.44. The molecule has 0 amide bonds. The summed E-state index contributed by atoms with van der Waals surface area (Å²) in [4.78, 5) is 10.7. The lowest BCUT2D eigenvalue weighted by Crippen LogP contribution is -2.22. The number of fused-ring (bicyclic) bond motifs is 1. The van der Waals surface area contributed by atoms with E-state index in [1.165, 1.54) is 22.9 Å². The van der Waals surface area contributed by atoms with Crippen LogP contribution in [0.25, 0.3) is 0 Å². The van der Waals surface area contributed by atoms with Crippen molar-refractivity contribution in [3.8, 4) is 0 Å². The lowest BCUT2D eigenvalue weighted by Gasteiger charge is -2.30. The van der Waals surface area contributed by atoms with Crippen LogP contribution < -0.4 is 0 Å². The van der Waals surface area contributed by atoms with Gasteiger partial charge in [0.1, 0.15) is 5.82 Å². The van der Waals surface area contributed by atoms with Crippen molar-refractivity contribution in [3.05, 3.63) is 41.2 Å². The second-order valence-electron chi connectivity index (χ2n) is 4.92. The number of thioether (sulfide) groups is 1. The maximum absolute atomic E-state index is 10.7. The first-order chi connectivity index (χ1) is 9.65. The van der Waals surface area contributed by atoms with E-state index in [-0.39, 0.29) is 5.75 Å². The highest BCUT2D eigenvalue weighted by Crippen LogP contribution is 2.36. The molecule has 0 saturated carbocycles. The molecule has 1 aliphatic carbocycles. The number of aromatic nitrogens is 3. The van der Waals surface area contributed by atoms with Gasteiger partial charge in [-0.2, -0.15) is 0 Å². The summed E-state index contributed by atoms with van der Waals surface area (Å²) in [7, 11) is 0. The zero-order valence-corrected chi connectivity index (χ0v) is 11.9. The van der Waals surface area contributed by atoms with Crippen molar-refractivity contribution in [1.29, 1.82) is 0 Å². The Balaban J connectivity index is 1.75. The predicted octanol–water partition coefficient (Wildman–Crippen LogP) is 2.10. The highest BCUT2D eigenvalue weighted by Gasteiger charge is 2.27. The zero-order valence-electron chi connectivity index (χ0n) is 11.1. The number of carboxylic acids is 1. The fraction of sp³-hybridized carbons (Fsp3) is 0.357. The van der Waals surface area contributed by atoms with Crippen molar-refractivity contribution in [3.63, 3.8) is 0 Å². The minimum absolute atomic E-state index is 0.0133. The van der Waals surface area contributed by atoms with Gasteiger partial charge < -0.3 is 9.67 Å². The number of nitrogens with zero attached hydrogens (tertiary/aromatic N) is 3. The Bertz CT molecular complexity index is 654. The van der Waals surface area contributed by atoms with E-state index in [2.05, 4.69) is 34.5 Å². The smallest absolute Gasteiger partial charge is 0.313 e. The van der Waals surface area contributed by atoms with Crippen molar-refractivity contribution in [1.82, 2.24) is 14.8 Å². The Labute approximate surface area is 121 Å². The summed E-state index contributed by atoms with van der Waals surface area (Å²) in [5.41, 5.74) is 2.79. The molecule has 1 aliphatic rings. The van der Waals surface area contributed by atoms with Crippen molar-refractivity contribution < 1.29 is 9.90 Å². The molecule has 1 aromatic carbocycles. The lowest BCUT2D eigenvalue weighted by atomic mass is 9.77. The summed E-state index contributed by atoms with van der Waals surface area (Å²) in [5, 5.41) is 17.6. The summed E-state index contributed by atoms with van der Waals surface area (Å²) in [5.74, 6) is 0.489. The molecule has 1 unspecified atom stereocenters. The zero-order chi connectivity index (χ0) is 14.1. The van der Waals surface area contributed by atoms with Crippen molar-refractivity contribution >= 4 is 17.7 Å². The third kappa shape index (κ3) is 2.43. The van der Waals surface area contributed by atoms with Crippen molar-refractivity contribution in [2.45, 2.75) is 31.0 Å². The van der Waals surface area contributed by atoms with Crippen LogP contribution in [0.5, 0.6) is 0 Å². The Kier molecular flexibility index (Phi) is 3.48. The highest BCUT2D eigenvalue weighted by atomic mass is 32.2. The average Bonchev–Trinajstić information content (AvgIpc) is 2.74. The molecule has 2 aromatic rings. The SMILES string of the molecule is Cc1nnc(SCC(=O)O)n1CC1Cc2ccccc21. The van der Waals surface area contributed by atoms with Crippen LogP contribution >= 0.6 is 11.8 Å². The molecule has 1 N–H and O–H groups in total. The number of carbonyl (C=O) groups is 1. The van der Waals surface area contributed by atoms with E-state index < -0.39 is 5.97 Å². The number of benzene rings is 1. The van der Waals surface area contributed by atoms with E-state index in [1.807, 2.05) is 11.5 Å². The normalized spacial score (nSPS) is 16.6. The summed E-state index contributed by atoms with van der Waals surface area (Å²) >= 11 is 1.22. The van der Waals surface area contributed by atoms with Gasteiger partial charge in [0.05, 0.1) is 5.75 Å². The quantitative estimate of drug-likeness (QED) is 0.854. The Hall–Kier alpha value is -1.82. The maximum atomic E-state index is 10.7. The fourth-order valence-electron chi connectivity index (χ4n) is 2.55. The summed E-state index contributed by atoms with van der Waals surface area (Å²) in [6.45, 7) is 2.72. The van der Waals surface area contributed by atoms with Crippen LogP contribution in [0.15, 0.2) is 29.4 Å². The van der Waals surface area contributed by atoms with E-state index in [1.54, 1.807) is 0 Å². The van der Waals surface area contributed by atoms with Gasteiger partial charge in [-0.05, 0) is 24.5 Å². The maximum Gasteiger partial charge on any atom is 0.313 e. The molecule has 20 heavy (non-hydrogen) atoms. The predicted molar refractivity (Wildman–Crippen MR) is 76.0 cm³/mol. The molecule has 0 fully saturated rings. The van der Waals surface area contributed by atoms with Crippen LogP contribution in [0.4, 0.5) is 0 Å². The minimum atomic E-state index is -0.837. The van der Waals surface area contributed by atoms with Gasteiger partial charge in [0.15, 0.2) is 5.16 Å². The van der Waals surface area contributed by atoms with Gasteiger partial charge in [-0.15, -0.1) is 10.2 Å². The fourth-order valence-corrected chi connectivity index (χ4v) is 3.26. The first kappa shape index (κ1) is 13.2. The van der Waals surface area contributed by atoms with Crippen molar-refractivity contribution in [2.75, 3.05) is 5.75 Å². The van der Waals surface area contributed by atoms with Crippen LogP contribution in [0, 0.1) is 6.92 Å². The van der Waals surface area contributed by atoms with Gasteiger partial charge in [-0.3, -0.25) is 4.79 Å². The largest absolute Gasteiger partial charge is 0.481 e. The highest BCUT2D eigenvalue weighted by molar-refractivity contribution is 7.99. The minimum Gasteiger partial charge on any atom is -0.481 e. The van der Waals surface area contributed by atoms with E-state index in [0.29, 0.717) is 11.1 Å². The molecule has 0 saturated heterocycles. The number of aliphatic carboxylic acids is 1. The Morgan fingerprint density at radius 1 is 1.45 bits per heavy atom. The molecular weight excluding hydrogens is 274 g/mol. The molecule has 0 radical (unpaired) electrons. The Morgan fingerprint density at radius 3 is 3.00 bits per heavy atom. The third-order valence-corrected chi connectivity index (χ3v) is 4.54. The van der Waals surface area contributed by atoms with E-state index in [4.69, 9.17) is 5.11 Å². The molecule has 0 spiro atoms. The van der Waals surface area contributed by atoms with Gasteiger partial charge >= 0.3 is 5.97 Å². The molecule has 0 aliphatic heterocycles. The summed E-state index contributed by atoms with van der Waals surface area (Å²) in [6.07, 6.45) is 1.07. The van der Waals surface area contributed by atoms with Crippen LogP contribution in [-0.4, -0.2) is 31.6 Å². The molecule has 1 heterocycles. The number of hydrogen-bond donors (Lipinski definition) is 1. The topological polar surface area (TPSA) is 68.0 Å². The van der Waals surface area contributed by atoms with E-state index in [0.717, 1.165) is 18.8 Å². The first-order valence-corrected chi connectivity index (χ1v) is 7.46. The average molecular weight is 289 g/mol. The molecule has 1 aromatic heterocycles. The van der Waals surface area contributed by atoms with Crippen LogP contribution in [0.3, 0.4) is 0 Å². The van der Waals surface area contributed by atoms with E-state index >= 15 is 0 Å².